The van der Waals surface area contributed by atoms with Crippen molar-refractivity contribution in [1.29, 1.82) is 0 Å². The molecule has 0 heterocycles. The summed E-state index contributed by atoms with van der Waals surface area (Å²) in [7, 11) is 0. The zero-order valence-corrected chi connectivity index (χ0v) is 19.7. The number of rotatable bonds is 15. The number of ether oxygens (including phenoxy) is 2. The van der Waals surface area contributed by atoms with Crippen LogP contribution < -0.4 is 4.74 Å². The molecule has 2 aromatic carbocycles. The molecule has 0 radical (unpaired) electrons. The van der Waals surface area contributed by atoms with Gasteiger partial charge in [-0.3, -0.25) is 4.79 Å². The van der Waals surface area contributed by atoms with Gasteiger partial charge in [-0.25, -0.2) is 0 Å². The van der Waals surface area contributed by atoms with E-state index in [1.165, 1.54) is 32.1 Å². The Labute approximate surface area is 189 Å². The normalized spacial score (nSPS) is 11.8. The van der Waals surface area contributed by atoms with Crippen molar-refractivity contribution < 1.29 is 14.3 Å². The highest BCUT2D eigenvalue weighted by Crippen LogP contribution is 2.26. The lowest BCUT2D eigenvalue weighted by atomic mass is 10.0. The molecular weight excluding hydrogens is 384 g/mol. The van der Waals surface area contributed by atoms with E-state index in [1.54, 1.807) is 0 Å². The SMILES string of the molecule is CCCCCCCCOc1ccc(-c2ccc(C(C)OC(=O)CCCCC)cc2)cc1. The van der Waals surface area contributed by atoms with Crippen molar-refractivity contribution in [2.45, 2.75) is 91.1 Å². The minimum atomic E-state index is -0.221. The van der Waals surface area contributed by atoms with Crippen LogP contribution in [0.15, 0.2) is 48.5 Å². The molecule has 0 aromatic heterocycles. The third-order valence-corrected chi connectivity index (χ3v) is 5.63. The van der Waals surface area contributed by atoms with Crippen LogP contribution in [0.3, 0.4) is 0 Å². The number of carbonyl (C=O) groups excluding carboxylic acids is 1. The van der Waals surface area contributed by atoms with Crippen LogP contribution in [-0.2, 0) is 9.53 Å². The first-order valence-corrected chi connectivity index (χ1v) is 12.2. The van der Waals surface area contributed by atoms with Crippen LogP contribution in [0.25, 0.3) is 11.1 Å². The van der Waals surface area contributed by atoms with Crippen LogP contribution in [0.5, 0.6) is 5.75 Å². The zero-order chi connectivity index (χ0) is 22.3. The Morgan fingerprint density at radius 3 is 1.94 bits per heavy atom. The molecule has 0 amide bonds. The van der Waals surface area contributed by atoms with Gasteiger partial charge in [0.15, 0.2) is 0 Å². The molecule has 31 heavy (non-hydrogen) atoms. The number of hydrogen-bond acceptors (Lipinski definition) is 3. The number of esters is 1. The summed E-state index contributed by atoms with van der Waals surface area (Å²) in [6.45, 7) is 7.10. The molecular formula is C28H40O3. The fourth-order valence-electron chi connectivity index (χ4n) is 3.61. The summed E-state index contributed by atoms with van der Waals surface area (Å²) in [4.78, 5) is 11.9. The summed E-state index contributed by atoms with van der Waals surface area (Å²) in [5, 5.41) is 0. The van der Waals surface area contributed by atoms with Crippen molar-refractivity contribution in [2.24, 2.45) is 0 Å². The van der Waals surface area contributed by atoms with E-state index in [2.05, 4.69) is 38.1 Å². The summed E-state index contributed by atoms with van der Waals surface area (Å²) >= 11 is 0. The van der Waals surface area contributed by atoms with Gasteiger partial charge in [-0.15, -0.1) is 0 Å². The maximum atomic E-state index is 11.9. The van der Waals surface area contributed by atoms with E-state index in [4.69, 9.17) is 9.47 Å². The summed E-state index contributed by atoms with van der Waals surface area (Å²) in [5.41, 5.74) is 3.32. The number of carbonyl (C=O) groups is 1. The molecule has 0 fully saturated rings. The smallest absolute Gasteiger partial charge is 0.306 e. The molecule has 2 rings (SSSR count). The molecule has 0 bridgehead atoms. The standard InChI is InChI=1S/C28H40O3/c1-4-6-8-9-10-12-22-30-27-20-18-26(19-21-27)25-16-14-24(15-17-25)23(3)31-28(29)13-11-7-5-2/h14-21,23H,4-13,22H2,1-3H3. The second-order valence-corrected chi connectivity index (χ2v) is 8.35. The number of hydrogen-bond donors (Lipinski definition) is 0. The van der Waals surface area contributed by atoms with Crippen molar-refractivity contribution in [2.75, 3.05) is 6.61 Å². The van der Waals surface area contributed by atoms with Crippen molar-refractivity contribution in [3.8, 4) is 16.9 Å². The average Bonchev–Trinajstić information content (AvgIpc) is 2.79. The van der Waals surface area contributed by atoms with Crippen LogP contribution in [0.1, 0.15) is 96.6 Å². The van der Waals surface area contributed by atoms with E-state index in [0.29, 0.717) is 6.42 Å². The molecule has 2 aromatic rings. The molecule has 3 heteroatoms. The Morgan fingerprint density at radius 1 is 0.742 bits per heavy atom. The highest BCUT2D eigenvalue weighted by atomic mass is 16.5. The molecule has 1 unspecified atom stereocenters. The quantitative estimate of drug-likeness (QED) is 0.213. The number of benzene rings is 2. The van der Waals surface area contributed by atoms with Crippen molar-refractivity contribution in [3.63, 3.8) is 0 Å². The first-order valence-electron chi connectivity index (χ1n) is 12.2. The molecule has 0 saturated heterocycles. The highest BCUT2D eigenvalue weighted by molar-refractivity contribution is 5.69. The minimum absolute atomic E-state index is 0.110. The molecule has 0 aliphatic carbocycles. The Bertz CT molecular complexity index is 734. The van der Waals surface area contributed by atoms with E-state index in [1.807, 2.05) is 31.2 Å². The largest absolute Gasteiger partial charge is 0.494 e. The number of unbranched alkanes of at least 4 members (excludes halogenated alkanes) is 7. The van der Waals surface area contributed by atoms with Gasteiger partial charge in [0.25, 0.3) is 0 Å². The predicted molar refractivity (Wildman–Crippen MR) is 129 cm³/mol. The van der Waals surface area contributed by atoms with Gasteiger partial charge in [-0.2, -0.15) is 0 Å². The second kappa shape index (κ2) is 14.7. The van der Waals surface area contributed by atoms with Crippen molar-refractivity contribution >= 4 is 5.97 Å². The lowest BCUT2D eigenvalue weighted by Gasteiger charge is -2.14. The molecule has 170 valence electrons. The van der Waals surface area contributed by atoms with Gasteiger partial charge >= 0.3 is 5.97 Å². The molecule has 0 spiro atoms. The third-order valence-electron chi connectivity index (χ3n) is 5.63. The van der Waals surface area contributed by atoms with Crippen LogP contribution in [-0.4, -0.2) is 12.6 Å². The summed E-state index contributed by atoms with van der Waals surface area (Å²) in [6.07, 6.45) is 11.0. The van der Waals surface area contributed by atoms with Gasteiger partial charge in [0, 0.05) is 6.42 Å². The van der Waals surface area contributed by atoms with Crippen LogP contribution in [0.4, 0.5) is 0 Å². The van der Waals surface area contributed by atoms with E-state index in [-0.39, 0.29) is 12.1 Å². The Morgan fingerprint density at radius 2 is 1.29 bits per heavy atom. The Balaban J connectivity index is 1.78. The second-order valence-electron chi connectivity index (χ2n) is 8.35. The first kappa shape index (κ1) is 25.0. The summed E-state index contributed by atoms with van der Waals surface area (Å²) < 4.78 is 11.4. The van der Waals surface area contributed by atoms with Gasteiger partial charge in [0.2, 0.25) is 0 Å². The van der Waals surface area contributed by atoms with Crippen LogP contribution >= 0.6 is 0 Å². The maximum Gasteiger partial charge on any atom is 0.306 e. The predicted octanol–water partition coefficient (Wildman–Crippen LogP) is 8.28. The van der Waals surface area contributed by atoms with E-state index in [9.17, 15) is 4.79 Å². The topological polar surface area (TPSA) is 35.5 Å². The van der Waals surface area contributed by atoms with Gasteiger partial charge in [-0.1, -0.05) is 95.2 Å². The van der Waals surface area contributed by atoms with Gasteiger partial charge < -0.3 is 9.47 Å². The van der Waals surface area contributed by atoms with E-state index < -0.39 is 0 Å². The van der Waals surface area contributed by atoms with Gasteiger partial charge in [0.1, 0.15) is 11.9 Å². The van der Waals surface area contributed by atoms with Crippen molar-refractivity contribution in [1.82, 2.24) is 0 Å². The fraction of sp³-hybridized carbons (Fsp3) is 0.536. The average molecular weight is 425 g/mol. The zero-order valence-electron chi connectivity index (χ0n) is 19.7. The first-order chi connectivity index (χ1) is 15.1. The Kier molecular flexibility index (Phi) is 11.8. The monoisotopic (exact) mass is 424 g/mol. The fourth-order valence-corrected chi connectivity index (χ4v) is 3.61. The molecule has 1 atom stereocenters. The Hall–Kier alpha value is -2.29. The lowest BCUT2D eigenvalue weighted by Crippen LogP contribution is -2.08. The molecule has 0 aliphatic rings. The molecule has 3 nitrogen and oxygen atoms in total. The van der Waals surface area contributed by atoms with Gasteiger partial charge in [-0.05, 0) is 48.6 Å². The van der Waals surface area contributed by atoms with Crippen LogP contribution in [0.2, 0.25) is 0 Å². The molecule has 0 saturated carbocycles. The van der Waals surface area contributed by atoms with Gasteiger partial charge in [0.05, 0.1) is 6.61 Å². The lowest BCUT2D eigenvalue weighted by molar-refractivity contribution is -0.148. The summed E-state index contributed by atoms with van der Waals surface area (Å²) in [6, 6.07) is 16.5. The van der Waals surface area contributed by atoms with E-state index in [0.717, 1.165) is 54.7 Å². The maximum absolute atomic E-state index is 11.9. The summed E-state index contributed by atoms with van der Waals surface area (Å²) in [5.74, 6) is 0.819. The minimum Gasteiger partial charge on any atom is -0.494 e. The molecule has 0 aliphatic heterocycles. The van der Waals surface area contributed by atoms with Crippen molar-refractivity contribution in [3.05, 3.63) is 54.1 Å². The third kappa shape index (κ3) is 9.59. The molecule has 0 N–H and O–H groups in total. The highest BCUT2D eigenvalue weighted by Gasteiger charge is 2.11. The van der Waals surface area contributed by atoms with E-state index >= 15 is 0 Å². The van der Waals surface area contributed by atoms with Crippen LogP contribution in [0, 0.1) is 0 Å².